The lowest BCUT2D eigenvalue weighted by Gasteiger charge is -2.10. The van der Waals surface area contributed by atoms with Crippen LogP contribution in [-0.4, -0.2) is 41.1 Å². The number of amides is 2. The highest BCUT2D eigenvalue weighted by Gasteiger charge is 2.29. The molecule has 0 saturated heterocycles. The van der Waals surface area contributed by atoms with Crippen LogP contribution in [0.1, 0.15) is 53.2 Å². The van der Waals surface area contributed by atoms with Gasteiger partial charge in [0.25, 0.3) is 17.5 Å². The molecule has 188 valence electrons. The van der Waals surface area contributed by atoms with E-state index >= 15 is 0 Å². The van der Waals surface area contributed by atoms with E-state index in [1.54, 1.807) is 0 Å². The van der Waals surface area contributed by atoms with Gasteiger partial charge in [-0.15, -0.1) is 0 Å². The van der Waals surface area contributed by atoms with Crippen molar-refractivity contribution in [3.63, 3.8) is 0 Å². The summed E-state index contributed by atoms with van der Waals surface area (Å²) in [6.07, 6.45) is 4.91. The molecule has 6 rings (SSSR count). The minimum atomic E-state index is -0.170. The molecule has 2 fully saturated rings. The number of rotatable bonds is 10. The van der Waals surface area contributed by atoms with E-state index in [-0.39, 0.29) is 18.4 Å². The minimum Gasteiger partial charge on any atom is -0.484 e. The van der Waals surface area contributed by atoms with Crippen LogP contribution in [0.3, 0.4) is 0 Å². The molecule has 2 saturated carbocycles. The fraction of sp³-hybridized carbons (Fsp3) is 0.310. The Hall–Kier alpha value is -4.20. The number of benzene rings is 2. The molecular formula is C29H28N4O4. The van der Waals surface area contributed by atoms with Gasteiger partial charge in [-0.1, -0.05) is 47.6 Å². The molecule has 0 aliphatic heterocycles. The molecule has 2 aromatic carbocycles. The van der Waals surface area contributed by atoms with Gasteiger partial charge in [-0.25, -0.2) is 4.98 Å². The maximum Gasteiger partial charge on any atom is 0.259 e. The second-order valence-corrected chi connectivity index (χ2v) is 9.73. The van der Waals surface area contributed by atoms with E-state index in [1.165, 1.54) is 0 Å². The van der Waals surface area contributed by atoms with Gasteiger partial charge < -0.3 is 19.9 Å². The van der Waals surface area contributed by atoms with Crippen molar-refractivity contribution in [1.29, 1.82) is 0 Å². The predicted molar refractivity (Wildman–Crippen MR) is 138 cm³/mol. The Labute approximate surface area is 214 Å². The van der Waals surface area contributed by atoms with Crippen LogP contribution in [0.4, 0.5) is 0 Å². The van der Waals surface area contributed by atoms with Gasteiger partial charge in [0, 0.05) is 29.8 Å². The fourth-order valence-corrected chi connectivity index (χ4v) is 4.34. The van der Waals surface area contributed by atoms with Gasteiger partial charge in [0.15, 0.2) is 6.61 Å². The zero-order valence-corrected chi connectivity index (χ0v) is 20.4. The Bertz CT molecular complexity index is 1420. The van der Waals surface area contributed by atoms with E-state index in [0.29, 0.717) is 53.0 Å². The first kappa shape index (κ1) is 23.2. The molecule has 0 radical (unpaired) electrons. The highest BCUT2D eigenvalue weighted by molar-refractivity contribution is 6.09. The van der Waals surface area contributed by atoms with E-state index in [0.717, 1.165) is 42.5 Å². The third kappa shape index (κ3) is 5.48. The van der Waals surface area contributed by atoms with Crippen molar-refractivity contribution in [1.82, 2.24) is 20.8 Å². The Morgan fingerprint density at radius 2 is 1.78 bits per heavy atom. The molecule has 0 atom stereocenters. The lowest BCUT2D eigenvalue weighted by atomic mass is 10.0. The molecule has 0 unspecified atom stereocenters. The van der Waals surface area contributed by atoms with Crippen molar-refractivity contribution < 1.29 is 18.8 Å². The van der Waals surface area contributed by atoms with Gasteiger partial charge >= 0.3 is 0 Å². The number of hydrogen-bond donors (Lipinski definition) is 2. The number of nitrogens with one attached hydrogen (secondary N) is 2. The third-order valence-electron chi connectivity index (χ3n) is 6.69. The second-order valence-electron chi connectivity index (χ2n) is 9.73. The summed E-state index contributed by atoms with van der Waals surface area (Å²) in [5.74, 6) is 0.761. The number of nitrogens with zero attached hydrogens (tertiary/aromatic N) is 2. The first-order chi connectivity index (χ1) is 18.1. The number of hydrogen-bond acceptors (Lipinski definition) is 6. The van der Waals surface area contributed by atoms with Crippen molar-refractivity contribution in [3.05, 3.63) is 77.5 Å². The summed E-state index contributed by atoms with van der Waals surface area (Å²) >= 11 is 0. The summed E-state index contributed by atoms with van der Waals surface area (Å²) in [7, 11) is 0. The van der Waals surface area contributed by atoms with Gasteiger partial charge in [-0.3, -0.25) is 9.59 Å². The van der Waals surface area contributed by atoms with Crippen LogP contribution in [0.25, 0.3) is 22.4 Å². The zero-order valence-electron chi connectivity index (χ0n) is 20.4. The van der Waals surface area contributed by atoms with Crippen LogP contribution in [0.2, 0.25) is 0 Å². The first-order valence-electron chi connectivity index (χ1n) is 12.8. The van der Waals surface area contributed by atoms with Crippen molar-refractivity contribution in [3.8, 4) is 17.0 Å². The van der Waals surface area contributed by atoms with E-state index in [1.807, 2.05) is 60.7 Å². The Morgan fingerprint density at radius 1 is 1.00 bits per heavy atom. The molecule has 8 nitrogen and oxygen atoms in total. The van der Waals surface area contributed by atoms with Crippen molar-refractivity contribution in [2.24, 2.45) is 0 Å². The average Bonchev–Trinajstić information content (AvgIpc) is 3.87. The van der Waals surface area contributed by atoms with Crippen LogP contribution >= 0.6 is 0 Å². The first-order valence-corrected chi connectivity index (χ1v) is 12.8. The lowest BCUT2D eigenvalue weighted by Crippen LogP contribution is -2.30. The van der Waals surface area contributed by atoms with Crippen LogP contribution in [0, 0.1) is 0 Å². The maximum atomic E-state index is 13.3. The van der Waals surface area contributed by atoms with Gasteiger partial charge in [-0.2, -0.15) is 0 Å². The molecule has 37 heavy (non-hydrogen) atoms. The molecule has 0 bridgehead atoms. The monoisotopic (exact) mass is 496 g/mol. The summed E-state index contributed by atoms with van der Waals surface area (Å²) in [5.41, 5.74) is 4.38. The van der Waals surface area contributed by atoms with Crippen LogP contribution in [0.15, 0.2) is 65.2 Å². The third-order valence-corrected chi connectivity index (χ3v) is 6.69. The fourth-order valence-electron chi connectivity index (χ4n) is 4.34. The Kier molecular flexibility index (Phi) is 6.30. The van der Waals surface area contributed by atoms with Crippen molar-refractivity contribution in [2.45, 2.75) is 44.1 Å². The average molecular weight is 497 g/mol. The van der Waals surface area contributed by atoms with Gasteiger partial charge in [0.2, 0.25) is 0 Å². The zero-order chi connectivity index (χ0) is 25.2. The lowest BCUT2D eigenvalue weighted by molar-refractivity contribution is -0.123. The van der Waals surface area contributed by atoms with E-state index in [2.05, 4.69) is 20.8 Å². The van der Waals surface area contributed by atoms with Gasteiger partial charge in [-0.05, 0) is 55.9 Å². The highest BCUT2D eigenvalue weighted by Crippen LogP contribution is 2.41. The molecule has 0 spiro atoms. The Morgan fingerprint density at radius 3 is 2.51 bits per heavy atom. The number of fused-ring (bicyclic) bond motifs is 1. The van der Waals surface area contributed by atoms with Crippen LogP contribution < -0.4 is 15.4 Å². The number of aromatic nitrogens is 2. The highest BCUT2D eigenvalue weighted by atomic mass is 16.5. The maximum absolute atomic E-state index is 13.3. The standard InChI is InChI=1S/C29H28N4O4/c34-25(31-21-10-11-21)17-36-22-12-6-18(7-13-22)14-15-30-28(35)23-16-24(19-8-9-19)32-29-26(23)27(33-37-29)20-4-2-1-3-5-20/h1-7,12-13,16,19,21H,8-11,14-15,17H2,(H,30,35)(H,31,34). The van der Waals surface area contributed by atoms with E-state index in [9.17, 15) is 9.59 Å². The van der Waals surface area contributed by atoms with E-state index < -0.39 is 0 Å². The summed E-state index contributed by atoms with van der Waals surface area (Å²) in [4.78, 5) is 29.8. The van der Waals surface area contributed by atoms with Gasteiger partial charge in [0.1, 0.15) is 11.4 Å². The van der Waals surface area contributed by atoms with Crippen molar-refractivity contribution >= 4 is 22.9 Å². The smallest absolute Gasteiger partial charge is 0.259 e. The molecule has 2 N–H and O–H groups in total. The normalized spacial score (nSPS) is 14.9. The molecule has 2 heterocycles. The SMILES string of the molecule is O=C(COc1ccc(CCNC(=O)c2cc(C3CC3)nc3onc(-c4ccccc4)c23)cc1)NC1CC1. The molecule has 4 aromatic rings. The summed E-state index contributed by atoms with van der Waals surface area (Å²) in [6.45, 7) is 0.486. The summed E-state index contributed by atoms with van der Waals surface area (Å²) in [5, 5.41) is 10.9. The van der Waals surface area contributed by atoms with Crippen LogP contribution in [-0.2, 0) is 11.2 Å². The molecule has 2 aliphatic rings. The summed E-state index contributed by atoms with van der Waals surface area (Å²) < 4.78 is 11.1. The van der Waals surface area contributed by atoms with Crippen LogP contribution in [0.5, 0.6) is 5.75 Å². The molecule has 2 amide bonds. The molecule has 2 aromatic heterocycles. The molecular weight excluding hydrogens is 468 g/mol. The van der Waals surface area contributed by atoms with E-state index in [4.69, 9.17) is 9.26 Å². The number of ether oxygens (including phenoxy) is 1. The van der Waals surface area contributed by atoms with Crippen molar-refractivity contribution in [2.75, 3.05) is 13.2 Å². The molecule has 2 aliphatic carbocycles. The largest absolute Gasteiger partial charge is 0.484 e. The Balaban J connectivity index is 1.12. The summed E-state index contributed by atoms with van der Waals surface area (Å²) in [6, 6.07) is 19.5. The number of carbonyl (C=O) groups excluding carboxylic acids is 2. The quantitative estimate of drug-likeness (QED) is 0.337. The second kappa shape index (κ2) is 10.0. The minimum absolute atomic E-state index is 0.0169. The van der Waals surface area contributed by atoms with Gasteiger partial charge in [0.05, 0.1) is 10.9 Å². The number of carbonyl (C=O) groups is 2. The predicted octanol–water partition coefficient (Wildman–Crippen LogP) is 4.40. The topological polar surface area (TPSA) is 106 Å². The molecule has 8 heteroatoms. The number of pyridine rings is 1.